The minimum atomic E-state index is -1.32. The van der Waals surface area contributed by atoms with Crippen LogP contribution in [0, 0.1) is 0 Å². The van der Waals surface area contributed by atoms with Gasteiger partial charge in [-0.15, -0.1) is 11.8 Å². The fourth-order valence-electron chi connectivity index (χ4n) is 0.434. The molecular weight excluding hydrogens is 168 g/mol. The third kappa shape index (κ3) is 6.15. The van der Waals surface area contributed by atoms with Gasteiger partial charge in [0.25, 0.3) is 0 Å². The summed E-state index contributed by atoms with van der Waals surface area (Å²) < 4.78 is 4.94. The molecule has 0 saturated carbocycles. The molecule has 1 atom stereocenters. The van der Waals surface area contributed by atoms with Crippen molar-refractivity contribution in [1.29, 1.82) is 0 Å². The molecule has 0 fully saturated rings. The third-order valence-electron chi connectivity index (χ3n) is 0.919. The van der Waals surface area contributed by atoms with E-state index in [1.807, 2.05) is 6.92 Å². The maximum absolute atomic E-state index is 10.1. The van der Waals surface area contributed by atoms with Crippen molar-refractivity contribution >= 4 is 17.7 Å². The first-order valence-corrected chi connectivity index (χ1v) is 4.33. The molecule has 1 unspecified atom stereocenters. The Hall–Kier alpha value is -0.260. The molecule has 0 aromatic rings. The zero-order chi connectivity index (χ0) is 8.69. The Morgan fingerprint density at radius 2 is 2.36 bits per heavy atom. The van der Waals surface area contributed by atoms with Gasteiger partial charge in [0.05, 0.1) is 6.61 Å². The van der Waals surface area contributed by atoms with E-state index in [9.17, 15) is 4.79 Å². The zero-order valence-corrected chi connectivity index (χ0v) is 7.13. The number of aliphatic carboxylic acids is 1. The van der Waals surface area contributed by atoms with E-state index in [2.05, 4.69) is 0 Å². The largest absolute Gasteiger partial charge is 0.479 e. The van der Waals surface area contributed by atoms with Gasteiger partial charge in [0.2, 0.25) is 0 Å². The van der Waals surface area contributed by atoms with E-state index in [1.54, 1.807) is 0 Å². The monoisotopic (exact) mass is 180 g/mol. The van der Waals surface area contributed by atoms with Crippen molar-refractivity contribution in [3.63, 3.8) is 0 Å². The highest BCUT2D eigenvalue weighted by atomic mass is 32.2. The van der Waals surface area contributed by atoms with Crippen LogP contribution in [0.15, 0.2) is 0 Å². The predicted molar refractivity (Wildman–Crippen MR) is 42.6 cm³/mol. The van der Waals surface area contributed by atoms with Crippen LogP contribution in [0.3, 0.4) is 0 Å². The maximum Gasteiger partial charge on any atom is 0.343 e. The zero-order valence-electron chi connectivity index (χ0n) is 6.32. The van der Waals surface area contributed by atoms with Gasteiger partial charge in [-0.3, -0.25) is 0 Å². The van der Waals surface area contributed by atoms with E-state index in [-0.39, 0.29) is 0 Å². The number of hydrogen-bond acceptors (Lipinski definition) is 4. The van der Waals surface area contributed by atoms with Crippen LogP contribution in [0.5, 0.6) is 0 Å². The molecule has 0 amide bonds. The van der Waals surface area contributed by atoms with Crippen LogP contribution in [-0.2, 0) is 9.53 Å². The molecule has 0 spiro atoms. The van der Waals surface area contributed by atoms with Crippen molar-refractivity contribution in [2.24, 2.45) is 0 Å². The highest BCUT2D eigenvalue weighted by Gasteiger charge is 2.11. The lowest BCUT2D eigenvalue weighted by molar-refractivity contribution is -0.141. The van der Waals surface area contributed by atoms with Crippen molar-refractivity contribution in [3.8, 4) is 0 Å². The van der Waals surface area contributed by atoms with Gasteiger partial charge in [-0.1, -0.05) is 0 Å². The molecule has 2 N–H and O–H groups in total. The Kier molecular flexibility index (Phi) is 6.30. The summed E-state index contributed by atoms with van der Waals surface area (Å²) in [5, 5.41) is 17.0. The summed E-state index contributed by atoms with van der Waals surface area (Å²) in [5.74, 6) is -0.701. The van der Waals surface area contributed by atoms with Gasteiger partial charge >= 0.3 is 5.97 Å². The minimum Gasteiger partial charge on any atom is -0.479 e. The second kappa shape index (κ2) is 6.45. The second-order valence-corrected chi connectivity index (χ2v) is 2.95. The SMILES string of the molecule is CCOCCSC(O)C(=O)O. The number of carboxylic acid groups (broad SMARTS) is 1. The average molecular weight is 180 g/mol. The Labute approximate surface area is 69.6 Å². The predicted octanol–water partition coefficient (Wildman–Crippen LogP) is 0.159. The number of rotatable bonds is 6. The summed E-state index contributed by atoms with van der Waals surface area (Å²) in [6.07, 6.45) is 0. The molecule has 0 bridgehead atoms. The van der Waals surface area contributed by atoms with Gasteiger partial charge in [-0.05, 0) is 6.92 Å². The highest BCUT2D eigenvalue weighted by Crippen LogP contribution is 2.06. The molecule has 0 aliphatic rings. The van der Waals surface area contributed by atoms with Crippen LogP contribution >= 0.6 is 11.8 Å². The summed E-state index contributed by atoms with van der Waals surface area (Å²) in [6, 6.07) is 0. The van der Waals surface area contributed by atoms with Gasteiger partial charge in [-0.25, -0.2) is 4.79 Å². The molecule has 11 heavy (non-hydrogen) atoms. The van der Waals surface area contributed by atoms with Crippen molar-refractivity contribution in [2.75, 3.05) is 19.0 Å². The van der Waals surface area contributed by atoms with Crippen molar-refractivity contribution < 1.29 is 19.7 Å². The first-order valence-electron chi connectivity index (χ1n) is 3.28. The fourth-order valence-corrected chi connectivity index (χ4v) is 1.01. The topological polar surface area (TPSA) is 66.8 Å². The number of aliphatic hydroxyl groups is 1. The van der Waals surface area contributed by atoms with Gasteiger partial charge in [0.15, 0.2) is 5.44 Å². The summed E-state index contributed by atoms with van der Waals surface area (Å²) >= 11 is 0.955. The number of ether oxygens (including phenoxy) is 1. The van der Waals surface area contributed by atoms with Crippen LogP contribution in [0.1, 0.15) is 6.92 Å². The molecule has 0 aromatic carbocycles. The van der Waals surface area contributed by atoms with Crippen LogP contribution in [0.25, 0.3) is 0 Å². The number of hydrogen-bond donors (Lipinski definition) is 2. The maximum atomic E-state index is 10.1. The Bertz CT molecular complexity index is 117. The van der Waals surface area contributed by atoms with Crippen molar-refractivity contribution in [2.45, 2.75) is 12.4 Å². The highest BCUT2D eigenvalue weighted by molar-refractivity contribution is 8.00. The lowest BCUT2D eigenvalue weighted by Crippen LogP contribution is -2.16. The van der Waals surface area contributed by atoms with Crippen LogP contribution in [0.4, 0.5) is 0 Å². The number of thioether (sulfide) groups is 1. The van der Waals surface area contributed by atoms with Crippen molar-refractivity contribution in [3.05, 3.63) is 0 Å². The summed E-state index contributed by atoms with van der Waals surface area (Å²) in [7, 11) is 0. The standard InChI is InChI=1S/C6H12O4S/c1-2-10-3-4-11-6(9)5(7)8/h6,9H,2-4H2,1H3,(H,7,8). The third-order valence-corrected chi connectivity index (χ3v) is 1.84. The second-order valence-electron chi connectivity index (χ2n) is 1.76. The lowest BCUT2D eigenvalue weighted by Gasteiger charge is -2.04. The number of carbonyl (C=O) groups is 1. The number of carboxylic acids is 1. The summed E-state index contributed by atoms with van der Waals surface area (Å²) in [5.41, 5.74) is -1.32. The molecule has 0 aliphatic heterocycles. The molecule has 0 aliphatic carbocycles. The molecule has 0 saturated heterocycles. The van der Waals surface area contributed by atoms with Gasteiger partial charge < -0.3 is 14.9 Å². The quantitative estimate of drug-likeness (QED) is 0.450. The lowest BCUT2D eigenvalue weighted by atomic mass is 10.7. The van der Waals surface area contributed by atoms with Crippen LogP contribution in [-0.4, -0.2) is 40.6 Å². The molecule has 4 nitrogen and oxygen atoms in total. The molecule has 5 heteroatoms. The van der Waals surface area contributed by atoms with E-state index >= 15 is 0 Å². The Morgan fingerprint density at radius 3 is 2.82 bits per heavy atom. The normalized spacial score (nSPS) is 12.9. The van der Waals surface area contributed by atoms with Crippen molar-refractivity contribution in [1.82, 2.24) is 0 Å². The van der Waals surface area contributed by atoms with E-state index in [0.29, 0.717) is 19.0 Å². The first kappa shape index (κ1) is 10.7. The van der Waals surface area contributed by atoms with Gasteiger partial charge in [0.1, 0.15) is 0 Å². The smallest absolute Gasteiger partial charge is 0.343 e. The van der Waals surface area contributed by atoms with Gasteiger partial charge in [0, 0.05) is 12.4 Å². The molecule has 0 radical (unpaired) electrons. The molecule has 0 rings (SSSR count). The van der Waals surface area contributed by atoms with E-state index in [1.165, 1.54) is 0 Å². The van der Waals surface area contributed by atoms with E-state index in [0.717, 1.165) is 11.8 Å². The molecular formula is C6H12O4S. The Morgan fingerprint density at radius 1 is 1.73 bits per heavy atom. The number of aliphatic hydroxyl groups excluding tert-OH is 1. The summed E-state index contributed by atoms with van der Waals surface area (Å²) in [6.45, 7) is 2.95. The van der Waals surface area contributed by atoms with Crippen LogP contribution in [0.2, 0.25) is 0 Å². The minimum absolute atomic E-state index is 0.478. The van der Waals surface area contributed by atoms with Gasteiger partial charge in [-0.2, -0.15) is 0 Å². The average Bonchev–Trinajstić information content (AvgIpc) is 1.97. The fraction of sp³-hybridized carbons (Fsp3) is 0.833. The Balaban J connectivity index is 3.17. The first-order chi connectivity index (χ1) is 5.18. The summed E-state index contributed by atoms with van der Waals surface area (Å²) in [4.78, 5) is 10.1. The van der Waals surface area contributed by atoms with Crippen LogP contribution < -0.4 is 0 Å². The molecule has 0 aromatic heterocycles. The van der Waals surface area contributed by atoms with E-state index in [4.69, 9.17) is 14.9 Å². The molecule has 0 heterocycles. The molecule has 66 valence electrons. The van der Waals surface area contributed by atoms with E-state index < -0.39 is 11.4 Å².